The predicted octanol–water partition coefficient (Wildman–Crippen LogP) is 4.75. The molecule has 3 heterocycles. The van der Waals surface area contributed by atoms with Crippen molar-refractivity contribution in [3.8, 4) is 35.0 Å². The summed E-state index contributed by atoms with van der Waals surface area (Å²) in [6.45, 7) is 2.67. The van der Waals surface area contributed by atoms with Crippen molar-refractivity contribution >= 4 is 11.5 Å². The van der Waals surface area contributed by atoms with Gasteiger partial charge in [0.25, 0.3) is 0 Å². The normalized spacial score (nSPS) is 16.4. The number of nitrogens with one attached hydrogen (secondary N) is 1. The van der Waals surface area contributed by atoms with Crippen LogP contribution in [0.3, 0.4) is 0 Å². The third kappa shape index (κ3) is 6.15. The maximum Gasteiger partial charge on any atom is 0.161 e. The van der Waals surface area contributed by atoms with Gasteiger partial charge in [-0.3, -0.25) is 0 Å². The minimum Gasteiger partial charge on any atom is -0.489 e. The number of hydrogen-bond donors (Lipinski definition) is 1. The van der Waals surface area contributed by atoms with Crippen molar-refractivity contribution < 1.29 is 18.9 Å². The van der Waals surface area contributed by atoms with E-state index in [1.165, 1.54) is 0 Å². The molecule has 0 atom stereocenters. The first-order valence-corrected chi connectivity index (χ1v) is 12.4. The molecule has 188 valence electrons. The van der Waals surface area contributed by atoms with Gasteiger partial charge in [-0.1, -0.05) is 0 Å². The lowest BCUT2D eigenvalue weighted by atomic mass is 10.1. The Kier molecular flexibility index (Phi) is 7.75. The minimum atomic E-state index is 0.0437. The number of rotatable bonds is 7. The quantitative estimate of drug-likeness (QED) is 0.493. The van der Waals surface area contributed by atoms with Crippen molar-refractivity contribution in [2.45, 2.75) is 37.9 Å². The molecule has 37 heavy (non-hydrogen) atoms. The summed E-state index contributed by atoms with van der Waals surface area (Å²) in [7, 11) is 0. The van der Waals surface area contributed by atoms with Crippen molar-refractivity contribution in [1.82, 2.24) is 9.97 Å². The fourth-order valence-electron chi connectivity index (χ4n) is 4.32. The van der Waals surface area contributed by atoms with E-state index < -0.39 is 0 Å². The summed E-state index contributed by atoms with van der Waals surface area (Å²) in [6, 6.07) is 17.0. The zero-order valence-corrected chi connectivity index (χ0v) is 20.4. The highest BCUT2D eigenvalue weighted by atomic mass is 16.5. The Morgan fingerprint density at radius 1 is 0.784 bits per heavy atom. The number of nitrogens with zero attached hydrogens (tertiary/aromatic N) is 4. The van der Waals surface area contributed by atoms with Crippen LogP contribution in [0.4, 0.5) is 11.5 Å². The van der Waals surface area contributed by atoms with Gasteiger partial charge in [-0.25, -0.2) is 9.97 Å². The smallest absolute Gasteiger partial charge is 0.161 e. The molecule has 9 heteroatoms. The third-order valence-electron chi connectivity index (χ3n) is 6.31. The summed E-state index contributed by atoms with van der Waals surface area (Å²) >= 11 is 0. The van der Waals surface area contributed by atoms with Crippen LogP contribution in [0.5, 0.6) is 11.5 Å². The standard InChI is InChI=1S/C28H27N5O4/c29-17-20-15-19(1-3-25(20)36-23-6-11-34-12-7-23)28-31-10-5-27(33-28)32-22-2-4-26(21(16-22)18-30)37-24-8-13-35-14-9-24/h1-5,10,15-16,23-24H,6-9,11-14H2,(H,31,32,33). The van der Waals surface area contributed by atoms with Gasteiger partial charge in [0.2, 0.25) is 0 Å². The highest BCUT2D eigenvalue weighted by Crippen LogP contribution is 2.29. The van der Waals surface area contributed by atoms with Gasteiger partial charge in [-0.05, 0) is 42.5 Å². The van der Waals surface area contributed by atoms with E-state index in [1.54, 1.807) is 36.5 Å². The number of ether oxygens (including phenoxy) is 4. The Morgan fingerprint density at radius 2 is 1.38 bits per heavy atom. The van der Waals surface area contributed by atoms with E-state index in [2.05, 4.69) is 27.4 Å². The number of hydrogen-bond acceptors (Lipinski definition) is 9. The largest absolute Gasteiger partial charge is 0.489 e. The molecule has 2 aliphatic rings. The SMILES string of the molecule is N#Cc1cc(Nc2ccnc(-c3ccc(OC4CCOCC4)c(C#N)c3)n2)ccc1OC1CCOCC1. The maximum absolute atomic E-state index is 9.69. The highest BCUT2D eigenvalue weighted by molar-refractivity contribution is 5.65. The second-order valence-electron chi connectivity index (χ2n) is 8.90. The third-order valence-corrected chi connectivity index (χ3v) is 6.31. The Bertz CT molecular complexity index is 1320. The second kappa shape index (κ2) is 11.7. The molecular weight excluding hydrogens is 470 g/mol. The van der Waals surface area contributed by atoms with Crippen molar-refractivity contribution in [1.29, 1.82) is 10.5 Å². The molecule has 2 aromatic carbocycles. The van der Waals surface area contributed by atoms with Crippen LogP contribution in [0.2, 0.25) is 0 Å². The molecule has 0 aliphatic carbocycles. The zero-order chi connectivity index (χ0) is 25.5. The number of nitriles is 2. The molecule has 0 saturated carbocycles. The molecule has 0 spiro atoms. The van der Waals surface area contributed by atoms with E-state index in [0.29, 0.717) is 71.9 Å². The molecule has 2 saturated heterocycles. The average Bonchev–Trinajstić information content (AvgIpc) is 2.95. The van der Waals surface area contributed by atoms with E-state index in [4.69, 9.17) is 18.9 Å². The Labute approximate surface area is 215 Å². The van der Waals surface area contributed by atoms with Gasteiger partial charge < -0.3 is 24.3 Å². The molecular formula is C28H27N5O4. The molecule has 2 fully saturated rings. The van der Waals surface area contributed by atoms with E-state index >= 15 is 0 Å². The van der Waals surface area contributed by atoms with Crippen LogP contribution >= 0.6 is 0 Å². The molecule has 0 radical (unpaired) electrons. The second-order valence-corrected chi connectivity index (χ2v) is 8.90. The van der Waals surface area contributed by atoms with Gasteiger partial charge in [-0.15, -0.1) is 0 Å². The van der Waals surface area contributed by atoms with E-state index in [0.717, 1.165) is 25.7 Å². The molecule has 0 unspecified atom stereocenters. The van der Waals surface area contributed by atoms with Crippen LogP contribution in [-0.2, 0) is 9.47 Å². The lowest BCUT2D eigenvalue weighted by molar-refractivity contribution is 0.0252. The summed E-state index contributed by atoms with van der Waals surface area (Å²) < 4.78 is 22.8. The van der Waals surface area contributed by atoms with E-state index in [-0.39, 0.29) is 12.2 Å². The first kappa shape index (κ1) is 24.5. The zero-order valence-electron chi connectivity index (χ0n) is 20.4. The first-order chi connectivity index (χ1) is 18.2. The fourth-order valence-corrected chi connectivity index (χ4v) is 4.32. The van der Waals surface area contributed by atoms with Crippen LogP contribution in [-0.4, -0.2) is 48.6 Å². The summed E-state index contributed by atoms with van der Waals surface area (Å²) in [5.74, 6) is 2.15. The van der Waals surface area contributed by atoms with Crippen LogP contribution < -0.4 is 14.8 Å². The van der Waals surface area contributed by atoms with Crippen LogP contribution in [0.15, 0.2) is 48.7 Å². The Morgan fingerprint density at radius 3 is 2.00 bits per heavy atom. The van der Waals surface area contributed by atoms with Gasteiger partial charge >= 0.3 is 0 Å². The van der Waals surface area contributed by atoms with Crippen molar-refractivity contribution in [3.05, 3.63) is 59.8 Å². The van der Waals surface area contributed by atoms with Crippen molar-refractivity contribution in [2.24, 2.45) is 0 Å². The van der Waals surface area contributed by atoms with Gasteiger partial charge in [0.15, 0.2) is 5.82 Å². The van der Waals surface area contributed by atoms with Crippen molar-refractivity contribution in [2.75, 3.05) is 31.7 Å². The van der Waals surface area contributed by atoms with Crippen molar-refractivity contribution in [3.63, 3.8) is 0 Å². The van der Waals surface area contributed by atoms with Crippen LogP contribution in [0.25, 0.3) is 11.4 Å². The minimum absolute atomic E-state index is 0.0437. The van der Waals surface area contributed by atoms with Gasteiger partial charge in [0, 0.05) is 43.1 Å². The molecule has 1 aromatic heterocycles. The van der Waals surface area contributed by atoms with Gasteiger partial charge in [-0.2, -0.15) is 10.5 Å². The molecule has 1 N–H and O–H groups in total. The number of anilines is 2. The summed E-state index contributed by atoms with van der Waals surface area (Å²) in [5.41, 5.74) is 2.30. The lowest BCUT2D eigenvalue weighted by Gasteiger charge is -2.24. The molecule has 5 rings (SSSR count). The van der Waals surface area contributed by atoms with Crippen LogP contribution in [0, 0.1) is 22.7 Å². The monoisotopic (exact) mass is 497 g/mol. The molecule has 2 aliphatic heterocycles. The van der Waals surface area contributed by atoms with Crippen LogP contribution in [0.1, 0.15) is 36.8 Å². The fraction of sp³-hybridized carbons (Fsp3) is 0.357. The Balaban J connectivity index is 1.30. The summed E-state index contributed by atoms with van der Waals surface area (Å²) in [5, 5.41) is 22.6. The number of aromatic nitrogens is 2. The molecule has 0 amide bonds. The molecule has 9 nitrogen and oxygen atoms in total. The Hall–Kier alpha value is -4.18. The average molecular weight is 498 g/mol. The number of benzene rings is 2. The molecule has 0 bridgehead atoms. The van der Waals surface area contributed by atoms with E-state index in [1.807, 2.05) is 12.1 Å². The molecule has 3 aromatic rings. The lowest BCUT2D eigenvalue weighted by Crippen LogP contribution is -2.26. The maximum atomic E-state index is 9.69. The van der Waals surface area contributed by atoms with Gasteiger partial charge in [0.1, 0.15) is 41.7 Å². The first-order valence-electron chi connectivity index (χ1n) is 12.4. The summed E-state index contributed by atoms with van der Waals surface area (Å²) in [6.07, 6.45) is 4.98. The summed E-state index contributed by atoms with van der Waals surface area (Å²) in [4.78, 5) is 9.00. The highest BCUT2D eigenvalue weighted by Gasteiger charge is 2.19. The topological polar surface area (TPSA) is 122 Å². The van der Waals surface area contributed by atoms with Gasteiger partial charge in [0.05, 0.1) is 37.6 Å². The predicted molar refractivity (Wildman–Crippen MR) is 136 cm³/mol. The van der Waals surface area contributed by atoms with E-state index in [9.17, 15) is 10.5 Å².